The van der Waals surface area contributed by atoms with E-state index in [1.165, 1.54) is 64.7 Å². The molecule has 6 rings (SSSR count). The molecule has 2 radical (unpaired) electrons. The molecule has 2 unspecified atom stereocenters. The Morgan fingerprint density at radius 3 is 1.27 bits per heavy atom. The van der Waals surface area contributed by atoms with Gasteiger partial charge in [0.2, 0.25) is 11.9 Å². The first-order valence-electron chi connectivity index (χ1n) is 15.5. The molecule has 0 aliphatic carbocycles. The Hall–Kier alpha value is -1.60. The van der Waals surface area contributed by atoms with Gasteiger partial charge in [-0.15, -0.1) is 69.1 Å². The number of rotatable bonds is 8. The Bertz CT molecular complexity index is 1670. The molecule has 8 heteroatoms. The zero-order chi connectivity index (χ0) is 35.1. The van der Waals surface area contributed by atoms with Gasteiger partial charge in [-0.3, -0.25) is 0 Å². The van der Waals surface area contributed by atoms with Crippen LogP contribution in [0.5, 0.6) is 0 Å². The topological polar surface area (TPSA) is 18.5 Å². The van der Waals surface area contributed by atoms with E-state index in [4.69, 9.17) is 26.5 Å². The molecular weight excluding hydrogens is 767 g/mol. The fourth-order valence-corrected chi connectivity index (χ4v) is 7.68. The van der Waals surface area contributed by atoms with Gasteiger partial charge in [0.05, 0.1) is 0 Å². The summed E-state index contributed by atoms with van der Waals surface area (Å²) in [7, 11) is 14.8. The van der Waals surface area contributed by atoms with Crippen LogP contribution in [0.15, 0.2) is 119 Å². The number of hydrogen-bond donors (Lipinski definition) is 0. The van der Waals surface area contributed by atoms with Crippen LogP contribution in [0.4, 0.5) is 0 Å². The van der Waals surface area contributed by atoms with Crippen LogP contribution >= 0.6 is 17.0 Å². The Labute approximate surface area is 315 Å². The first-order chi connectivity index (χ1) is 23.2. The van der Waals surface area contributed by atoms with E-state index in [0.29, 0.717) is 0 Å². The van der Waals surface area contributed by atoms with Gasteiger partial charge < -0.3 is 9.47 Å². The summed E-state index contributed by atoms with van der Waals surface area (Å²) in [5.41, 5.74) is 7.84. The minimum atomic E-state index is -0.826. The Balaban J connectivity index is 0.000000224. The van der Waals surface area contributed by atoms with E-state index in [9.17, 15) is 0 Å². The van der Waals surface area contributed by atoms with Crippen molar-refractivity contribution in [2.75, 3.05) is 38.6 Å². The van der Waals surface area contributed by atoms with E-state index in [2.05, 4.69) is 149 Å². The van der Waals surface area contributed by atoms with Gasteiger partial charge in [0, 0.05) is 45.5 Å². The van der Waals surface area contributed by atoms with Gasteiger partial charge in [-0.05, 0) is 35.4 Å². The Morgan fingerprint density at radius 1 is 0.625 bits per heavy atom. The number of aryl methyl sites for hydroxylation is 2. The predicted molar refractivity (Wildman–Crippen MR) is 215 cm³/mol. The first kappa shape index (κ1) is 40.8. The number of fused-ring (bicyclic) bond motifs is 2. The Morgan fingerprint density at radius 2 is 0.958 bits per heavy atom. The molecule has 0 aliphatic heterocycles. The van der Waals surface area contributed by atoms with Gasteiger partial charge in [0.1, 0.15) is 12.5 Å². The Kier molecular flexibility index (Phi) is 18.4. The van der Waals surface area contributed by atoms with E-state index in [0.717, 1.165) is 21.4 Å². The summed E-state index contributed by atoms with van der Waals surface area (Å²) in [6.45, 7) is 8.61. The van der Waals surface area contributed by atoms with Crippen LogP contribution < -0.4 is 0 Å². The first-order valence-corrected chi connectivity index (χ1v) is 27.4. The van der Waals surface area contributed by atoms with Gasteiger partial charge in [-0.2, -0.15) is 12.1 Å². The molecule has 0 amide bonds. The second-order valence-corrected chi connectivity index (χ2v) is 20.1. The summed E-state index contributed by atoms with van der Waals surface area (Å²) in [5, 5.41) is 5.33. The molecule has 0 heterocycles. The summed E-state index contributed by atoms with van der Waals surface area (Å²) in [5.74, 6) is 1.58. The van der Waals surface area contributed by atoms with E-state index >= 15 is 0 Å². The number of ether oxygens (including phenoxy) is 2. The molecule has 0 spiro atoms. The van der Waals surface area contributed by atoms with E-state index in [1.807, 2.05) is 0 Å². The fraction of sp³-hybridized carbons (Fsp3) is 0.250. The third kappa shape index (κ3) is 11.7. The van der Waals surface area contributed by atoms with Gasteiger partial charge in [0.25, 0.3) is 0 Å². The molecule has 48 heavy (non-hydrogen) atoms. The molecule has 6 aromatic rings. The predicted octanol–water partition coefficient (Wildman–Crippen LogP) is 11.7. The molecule has 6 aromatic carbocycles. The maximum absolute atomic E-state index is 5.25. The third-order valence-corrected chi connectivity index (χ3v) is 10.8. The van der Waals surface area contributed by atoms with Crippen molar-refractivity contribution in [1.82, 2.24) is 0 Å². The van der Waals surface area contributed by atoms with Crippen LogP contribution in [0.1, 0.15) is 11.1 Å². The zero-order valence-electron chi connectivity index (χ0n) is 29.2. The van der Waals surface area contributed by atoms with Crippen molar-refractivity contribution in [2.45, 2.75) is 36.7 Å². The monoisotopic (exact) mass is 810 g/mol. The summed E-state index contributed by atoms with van der Waals surface area (Å²) in [4.78, 5) is 2.71. The average Bonchev–Trinajstić information content (AvgIpc) is 3.67. The van der Waals surface area contributed by atoms with Crippen molar-refractivity contribution in [3.05, 3.63) is 120 Å². The molecule has 0 saturated carbocycles. The van der Waals surface area contributed by atoms with Crippen LogP contribution in [0.2, 0.25) is 13.1 Å². The van der Waals surface area contributed by atoms with Crippen molar-refractivity contribution >= 4 is 69.9 Å². The summed E-state index contributed by atoms with van der Waals surface area (Å²) in [6.07, 6.45) is 4.44. The molecular formula is C40H46Cl2O2S2SiZr+2. The van der Waals surface area contributed by atoms with E-state index in [-0.39, 0.29) is 21.8 Å². The van der Waals surface area contributed by atoms with E-state index < -0.39 is 20.8 Å². The van der Waals surface area contributed by atoms with Crippen molar-refractivity contribution < 1.29 is 30.3 Å². The SMILES string of the molecule is COC[S+](C)c1ccc(-c2cccc3[cH-]c(C)cc23)cc1.COC[S+](C)c1ccc(-c2cccc3[cH-]c(C)cc23)cc1.C[Si]C.[Cl][Zr+2][Cl]. The van der Waals surface area contributed by atoms with Crippen LogP contribution in [-0.4, -0.2) is 48.1 Å². The fourth-order valence-electron chi connectivity index (χ4n) is 5.50. The summed E-state index contributed by atoms with van der Waals surface area (Å²) < 4.78 is 10.5. The van der Waals surface area contributed by atoms with Gasteiger partial charge in [-0.1, -0.05) is 74.5 Å². The third-order valence-electron chi connectivity index (χ3n) is 7.51. The van der Waals surface area contributed by atoms with Crippen LogP contribution in [0, 0.1) is 13.8 Å². The van der Waals surface area contributed by atoms with Crippen molar-refractivity contribution in [3.8, 4) is 22.3 Å². The average molecular weight is 813 g/mol. The summed E-state index contributed by atoms with van der Waals surface area (Å²) in [6, 6.07) is 39.9. The molecule has 0 N–H and O–H groups in total. The normalized spacial score (nSPS) is 11.7. The zero-order valence-corrected chi connectivity index (χ0v) is 35.8. The van der Waals surface area contributed by atoms with Crippen molar-refractivity contribution in [3.63, 3.8) is 0 Å². The van der Waals surface area contributed by atoms with Crippen molar-refractivity contribution in [2.24, 2.45) is 0 Å². The van der Waals surface area contributed by atoms with Gasteiger partial charge in [0.15, 0.2) is 9.79 Å². The van der Waals surface area contributed by atoms with Crippen molar-refractivity contribution in [1.29, 1.82) is 0 Å². The molecule has 0 aromatic heterocycles. The number of hydrogen-bond acceptors (Lipinski definition) is 2. The molecule has 2 atom stereocenters. The number of halogens is 2. The molecule has 0 aliphatic rings. The van der Waals surface area contributed by atoms with Gasteiger partial charge in [-0.25, -0.2) is 0 Å². The molecule has 250 valence electrons. The second kappa shape index (κ2) is 21.6. The minimum absolute atomic E-state index is 0.157. The van der Waals surface area contributed by atoms with Crippen LogP contribution in [0.25, 0.3) is 43.8 Å². The summed E-state index contributed by atoms with van der Waals surface area (Å²) >= 11 is -0.826. The molecule has 0 saturated heterocycles. The quantitative estimate of drug-likeness (QED) is 0.0866. The standard InChI is InChI=1S/2C19H20OS.C2H6Si.2ClH.Zr/c2*1-14-11-16-5-4-6-18(19(16)12-14)15-7-9-17(10-8-15)21(3)13-20-2;1-3-2;;;/h2*4-12H,13H2,1-3H3;1-2H3;2*1H;/q;;;;;+4/p-2. The number of methoxy groups -OCH3 is 2. The van der Waals surface area contributed by atoms with Crippen LogP contribution in [-0.2, 0) is 52.1 Å². The van der Waals surface area contributed by atoms with Crippen LogP contribution in [0.3, 0.4) is 0 Å². The number of benzene rings is 4. The van der Waals surface area contributed by atoms with Gasteiger partial charge >= 0.3 is 37.9 Å². The van der Waals surface area contributed by atoms with E-state index in [1.54, 1.807) is 14.2 Å². The maximum atomic E-state index is 5.25. The second-order valence-electron chi connectivity index (χ2n) is 11.4. The molecule has 0 bridgehead atoms. The molecule has 0 fully saturated rings. The molecule has 2 nitrogen and oxygen atoms in total.